The van der Waals surface area contributed by atoms with Crippen molar-refractivity contribution in [3.8, 4) is 17.0 Å². The summed E-state index contributed by atoms with van der Waals surface area (Å²) < 4.78 is 5.71. The zero-order chi connectivity index (χ0) is 13.6. The van der Waals surface area contributed by atoms with Gasteiger partial charge in [-0.2, -0.15) is 0 Å². The van der Waals surface area contributed by atoms with Crippen molar-refractivity contribution in [2.75, 3.05) is 12.3 Å². The van der Waals surface area contributed by atoms with Crippen LogP contribution in [-0.2, 0) is 5.41 Å². The highest BCUT2D eigenvalue weighted by Crippen LogP contribution is 2.40. The van der Waals surface area contributed by atoms with Crippen molar-refractivity contribution in [2.24, 2.45) is 0 Å². The Labute approximate surface area is 113 Å². The van der Waals surface area contributed by atoms with Crippen LogP contribution < -0.4 is 10.5 Å². The van der Waals surface area contributed by atoms with Crippen LogP contribution in [0.3, 0.4) is 0 Å². The van der Waals surface area contributed by atoms with Gasteiger partial charge in [-0.15, -0.1) is 0 Å². The molecule has 2 heterocycles. The monoisotopic (exact) mass is 254 g/mol. The maximum atomic E-state index is 5.76. The summed E-state index contributed by atoms with van der Waals surface area (Å²) in [5.41, 5.74) is 11.0. The highest BCUT2D eigenvalue weighted by Gasteiger charge is 2.31. The molecule has 0 spiro atoms. The van der Waals surface area contributed by atoms with E-state index in [1.807, 2.05) is 19.1 Å². The van der Waals surface area contributed by atoms with Gasteiger partial charge in [0, 0.05) is 16.5 Å². The first-order valence-corrected chi connectivity index (χ1v) is 6.47. The fourth-order valence-electron chi connectivity index (χ4n) is 2.57. The number of hydrogen-bond donors (Lipinski definition) is 1. The molecule has 1 aliphatic heterocycles. The second kappa shape index (κ2) is 3.98. The minimum atomic E-state index is 0.0626. The maximum absolute atomic E-state index is 5.76. The van der Waals surface area contributed by atoms with Gasteiger partial charge < -0.3 is 10.5 Å². The van der Waals surface area contributed by atoms with Crippen molar-refractivity contribution in [1.82, 2.24) is 4.98 Å². The topological polar surface area (TPSA) is 48.1 Å². The van der Waals surface area contributed by atoms with Crippen molar-refractivity contribution in [1.29, 1.82) is 0 Å². The molecule has 1 aliphatic rings. The van der Waals surface area contributed by atoms with E-state index in [2.05, 4.69) is 31.0 Å². The summed E-state index contributed by atoms with van der Waals surface area (Å²) in [5, 5.41) is 0. The molecule has 0 saturated carbocycles. The summed E-state index contributed by atoms with van der Waals surface area (Å²) in [6, 6.07) is 8.24. The van der Waals surface area contributed by atoms with Crippen LogP contribution in [0.25, 0.3) is 11.3 Å². The van der Waals surface area contributed by atoms with Crippen LogP contribution in [0, 0.1) is 6.92 Å². The number of anilines is 1. The molecule has 0 amide bonds. The van der Waals surface area contributed by atoms with E-state index in [9.17, 15) is 0 Å². The van der Waals surface area contributed by atoms with E-state index in [4.69, 9.17) is 10.5 Å². The third-order valence-electron chi connectivity index (χ3n) is 3.67. The smallest absolute Gasteiger partial charge is 0.123 e. The molecular formula is C16H18N2O. The van der Waals surface area contributed by atoms with Gasteiger partial charge in [-0.25, -0.2) is 0 Å². The molecule has 0 atom stereocenters. The van der Waals surface area contributed by atoms with Gasteiger partial charge in [0.2, 0.25) is 0 Å². The predicted molar refractivity (Wildman–Crippen MR) is 77.3 cm³/mol. The maximum Gasteiger partial charge on any atom is 0.123 e. The number of aryl methyl sites for hydroxylation is 1. The van der Waals surface area contributed by atoms with E-state index < -0.39 is 0 Å². The van der Waals surface area contributed by atoms with Crippen molar-refractivity contribution in [2.45, 2.75) is 26.2 Å². The zero-order valence-corrected chi connectivity index (χ0v) is 11.5. The largest absolute Gasteiger partial charge is 0.492 e. The van der Waals surface area contributed by atoms with Gasteiger partial charge in [0.05, 0.1) is 24.2 Å². The van der Waals surface area contributed by atoms with Crippen molar-refractivity contribution < 1.29 is 4.74 Å². The van der Waals surface area contributed by atoms with E-state index in [1.54, 1.807) is 6.20 Å². The Kier molecular flexibility index (Phi) is 2.52. The molecule has 2 aromatic rings. The SMILES string of the molecule is Cc1cc(N)cnc1-c1ccc2c(c1)C(C)(C)CO2. The minimum absolute atomic E-state index is 0.0626. The molecule has 0 unspecified atom stereocenters. The van der Waals surface area contributed by atoms with Crippen LogP contribution in [0.1, 0.15) is 25.0 Å². The fourth-order valence-corrected chi connectivity index (χ4v) is 2.57. The number of hydrogen-bond acceptors (Lipinski definition) is 3. The number of pyridine rings is 1. The van der Waals surface area contributed by atoms with Crippen molar-refractivity contribution in [3.05, 3.63) is 41.6 Å². The molecule has 3 heteroatoms. The second-order valence-electron chi connectivity index (χ2n) is 5.82. The van der Waals surface area contributed by atoms with Gasteiger partial charge in [-0.05, 0) is 36.8 Å². The third kappa shape index (κ3) is 1.95. The van der Waals surface area contributed by atoms with Crippen molar-refractivity contribution in [3.63, 3.8) is 0 Å². The molecule has 0 aliphatic carbocycles. The summed E-state index contributed by atoms with van der Waals surface area (Å²) in [6.07, 6.45) is 1.71. The molecule has 0 fully saturated rings. The van der Waals surface area contributed by atoms with Crippen LogP contribution in [0.15, 0.2) is 30.5 Å². The number of nitrogens with two attached hydrogens (primary N) is 1. The average molecular weight is 254 g/mol. The number of benzene rings is 1. The predicted octanol–water partition coefficient (Wildman–Crippen LogP) is 3.31. The van der Waals surface area contributed by atoms with Gasteiger partial charge in [0.15, 0.2) is 0 Å². The molecule has 3 nitrogen and oxygen atoms in total. The number of fused-ring (bicyclic) bond motifs is 1. The lowest BCUT2D eigenvalue weighted by molar-refractivity contribution is 0.291. The lowest BCUT2D eigenvalue weighted by Gasteiger charge is -2.16. The Morgan fingerprint density at radius 3 is 2.79 bits per heavy atom. The summed E-state index contributed by atoms with van der Waals surface area (Å²) in [7, 11) is 0. The number of aromatic nitrogens is 1. The van der Waals surface area contributed by atoms with Gasteiger partial charge >= 0.3 is 0 Å². The molecule has 0 radical (unpaired) electrons. The van der Waals surface area contributed by atoms with Crippen LogP contribution >= 0.6 is 0 Å². The Balaban J connectivity index is 2.13. The lowest BCUT2D eigenvalue weighted by Crippen LogP contribution is -2.18. The first kappa shape index (κ1) is 12.0. The summed E-state index contributed by atoms with van der Waals surface area (Å²) in [4.78, 5) is 4.46. The quantitative estimate of drug-likeness (QED) is 0.849. The van der Waals surface area contributed by atoms with E-state index in [-0.39, 0.29) is 5.41 Å². The Morgan fingerprint density at radius 2 is 2.05 bits per heavy atom. The third-order valence-corrected chi connectivity index (χ3v) is 3.67. The number of nitrogens with zero attached hydrogens (tertiary/aromatic N) is 1. The standard InChI is InChI=1S/C16H18N2O/c1-10-6-12(17)8-18-15(10)11-4-5-14-13(7-11)16(2,3)9-19-14/h4-8H,9,17H2,1-3H3. The molecule has 98 valence electrons. The number of rotatable bonds is 1. The summed E-state index contributed by atoms with van der Waals surface area (Å²) in [6.45, 7) is 7.17. The molecule has 1 aromatic heterocycles. The van der Waals surface area contributed by atoms with Crippen LogP contribution in [0.2, 0.25) is 0 Å². The molecule has 2 N–H and O–H groups in total. The fraction of sp³-hybridized carbons (Fsp3) is 0.312. The summed E-state index contributed by atoms with van der Waals surface area (Å²) >= 11 is 0. The lowest BCUT2D eigenvalue weighted by atomic mass is 9.85. The first-order valence-electron chi connectivity index (χ1n) is 6.47. The Hall–Kier alpha value is -2.03. The Bertz CT molecular complexity index is 647. The number of ether oxygens (including phenoxy) is 1. The molecule has 1 aromatic carbocycles. The second-order valence-corrected chi connectivity index (χ2v) is 5.82. The van der Waals surface area contributed by atoms with Gasteiger partial charge in [0.1, 0.15) is 5.75 Å². The van der Waals surface area contributed by atoms with E-state index >= 15 is 0 Å². The molecule has 19 heavy (non-hydrogen) atoms. The van der Waals surface area contributed by atoms with Crippen LogP contribution in [-0.4, -0.2) is 11.6 Å². The van der Waals surface area contributed by atoms with Gasteiger partial charge in [-0.3, -0.25) is 4.98 Å². The average Bonchev–Trinajstić information content (AvgIpc) is 2.65. The van der Waals surface area contributed by atoms with E-state index in [0.29, 0.717) is 5.69 Å². The highest BCUT2D eigenvalue weighted by atomic mass is 16.5. The molecule has 0 bridgehead atoms. The van der Waals surface area contributed by atoms with Crippen LogP contribution in [0.4, 0.5) is 5.69 Å². The van der Waals surface area contributed by atoms with Crippen LogP contribution in [0.5, 0.6) is 5.75 Å². The first-order chi connectivity index (χ1) is 8.97. The van der Waals surface area contributed by atoms with E-state index in [1.165, 1.54) is 5.56 Å². The minimum Gasteiger partial charge on any atom is -0.492 e. The summed E-state index contributed by atoms with van der Waals surface area (Å²) in [5.74, 6) is 0.988. The van der Waals surface area contributed by atoms with E-state index in [0.717, 1.165) is 29.2 Å². The molecule has 3 rings (SSSR count). The van der Waals surface area contributed by atoms with Crippen molar-refractivity contribution >= 4 is 5.69 Å². The molecule has 0 saturated heterocycles. The van der Waals surface area contributed by atoms with Gasteiger partial charge in [-0.1, -0.05) is 13.8 Å². The normalized spacial score (nSPS) is 15.9. The Morgan fingerprint density at radius 1 is 1.26 bits per heavy atom. The van der Waals surface area contributed by atoms with Gasteiger partial charge in [0.25, 0.3) is 0 Å². The zero-order valence-electron chi connectivity index (χ0n) is 11.5. The highest BCUT2D eigenvalue weighted by molar-refractivity contribution is 5.67. The number of nitrogen functional groups attached to an aromatic ring is 1. The molecular weight excluding hydrogens is 236 g/mol.